The van der Waals surface area contributed by atoms with Crippen LogP contribution in [0.4, 0.5) is 13.9 Å². The molecule has 8 nitrogen and oxygen atoms in total. The van der Waals surface area contributed by atoms with Crippen molar-refractivity contribution in [3.63, 3.8) is 0 Å². The molecule has 1 aromatic heterocycles. The van der Waals surface area contributed by atoms with Crippen molar-refractivity contribution in [1.29, 1.82) is 0 Å². The molecular weight excluding hydrogens is 554 g/mol. The summed E-state index contributed by atoms with van der Waals surface area (Å²) < 4.78 is 45.3. The Morgan fingerprint density at radius 1 is 1.15 bits per heavy atom. The molecule has 0 aliphatic rings. The molecule has 0 aliphatic carbocycles. The molecule has 0 spiro atoms. The van der Waals surface area contributed by atoms with Crippen LogP contribution in [0, 0.1) is 17.6 Å². The Labute approximate surface area is 242 Å². The van der Waals surface area contributed by atoms with Gasteiger partial charge in [0.1, 0.15) is 17.4 Å². The van der Waals surface area contributed by atoms with Crippen LogP contribution in [0.1, 0.15) is 54.6 Å². The average Bonchev–Trinajstić information content (AvgIpc) is 3.42. The van der Waals surface area contributed by atoms with Gasteiger partial charge >= 0.3 is 5.97 Å². The van der Waals surface area contributed by atoms with Crippen LogP contribution in [0.3, 0.4) is 0 Å². The first kappa shape index (κ1) is 31.7. The Kier molecular flexibility index (Phi) is 11.8. The third kappa shape index (κ3) is 8.34. The number of carboxylic acid groups (broad SMARTS) is 1. The van der Waals surface area contributed by atoms with Crippen molar-refractivity contribution in [3.8, 4) is 17.0 Å². The van der Waals surface area contributed by atoms with Gasteiger partial charge in [-0.1, -0.05) is 38.8 Å². The molecule has 0 bridgehead atoms. The van der Waals surface area contributed by atoms with Crippen LogP contribution in [0.2, 0.25) is 0 Å². The molecule has 3 rings (SSSR count). The second-order valence-electron chi connectivity index (χ2n) is 9.22. The lowest BCUT2D eigenvalue weighted by atomic mass is 10.0. The first-order valence-corrected chi connectivity index (χ1v) is 14.1. The van der Waals surface area contributed by atoms with Gasteiger partial charge < -0.3 is 19.3 Å². The molecule has 0 unspecified atom stereocenters. The van der Waals surface area contributed by atoms with Gasteiger partial charge in [-0.05, 0) is 42.5 Å². The van der Waals surface area contributed by atoms with E-state index in [0.29, 0.717) is 30.0 Å². The normalized spacial score (nSPS) is 11.5. The number of benzene rings is 2. The Morgan fingerprint density at radius 3 is 2.46 bits per heavy atom. The van der Waals surface area contributed by atoms with Gasteiger partial charge in [-0.2, -0.15) is 0 Å². The maximum atomic E-state index is 14.6. The van der Waals surface area contributed by atoms with E-state index in [1.165, 1.54) is 0 Å². The zero-order valence-electron chi connectivity index (χ0n) is 23.5. The lowest BCUT2D eigenvalue weighted by molar-refractivity contribution is -0.135. The molecule has 1 heterocycles. The van der Waals surface area contributed by atoms with E-state index in [1.54, 1.807) is 12.5 Å². The lowest BCUT2D eigenvalue weighted by Gasteiger charge is -2.14. The molecule has 2 N–H and O–H groups in total. The largest absolute Gasteiger partial charge is 0.496 e. The molecule has 0 saturated heterocycles. The third-order valence-corrected chi connectivity index (χ3v) is 7.35. The Morgan fingerprint density at radius 2 is 1.85 bits per heavy atom. The molecular formula is C30H34F2N2O6S. The number of carbonyl (C=O) groups excluding carboxylic acids is 1. The van der Waals surface area contributed by atoms with Crippen LogP contribution < -0.4 is 10.1 Å². The summed E-state index contributed by atoms with van der Waals surface area (Å²) >= 11 is 1.15. The number of carbonyl (C=O) groups is 2. The summed E-state index contributed by atoms with van der Waals surface area (Å²) in [6.45, 7) is 5.75. The zero-order valence-corrected chi connectivity index (χ0v) is 24.3. The highest BCUT2D eigenvalue weighted by molar-refractivity contribution is 7.14. The summed E-state index contributed by atoms with van der Waals surface area (Å²) in [7, 11) is 2.66. The maximum Gasteiger partial charge on any atom is 0.371 e. The number of rotatable bonds is 15. The topological polar surface area (TPSA) is 107 Å². The molecule has 11 heteroatoms. The first-order valence-electron chi connectivity index (χ1n) is 13.2. The molecule has 1 amide bonds. The molecule has 0 aliphatic heterocycles. The minimum Gasteiger partial charge on any atom is -0.496 e. The number of thiazole rings is 1. The number of hydrogen-bond donors (Lipinski definition) is 2. The monoisotopic (exact) mass is 588 g/mol. The first-order chi connectivity index (χ1) is 19.7. The number of aromatic nitrogens is 1. The van der Waals surface area contributed by atoms with E-state index in [-0.39, 0.29) is 10.7 Å². The predicted octanol–water partition coefficient (Wildman–Crippen LogP) is 6.81. The van der Waals surface area contributed by atoms with Crippen LogP contribution in [-0.4, -0.2) is 49.4 Å². The summed E-state index contributed by atoms with van der Waals surface area (Å²) in [6, 6.07) is 7.40. The standard InChI is InChI=1S/C30H34F2N2O6S/c1-5-18(6-2)16-40-12-8-10-19-9-7-11-21(27(19)39-4)25-17-41-30(33-25)34-28(35)20-13-23(31)22(24(32)14-20)15-26(38-3)29(36)37/h7,9,11,13-15,17-18H,5-6,8,10,12,16H2,1-4H3,(H,36,37)(H,33,34,35). The van der Waals surface area contributed by atoms with E-state index in [1.807, 2.05) is 18.2 Å². The quantitative estimate of drug-likeness (QED) is 0.114. The van der Waals surface area contributed by atoms with Crippen molar-refractivity contribution in [2.45, 2.75) is 39.5 Å². The molecule has 3 aromatic rings. The number of aryl methyl sites for hydroxylation is 1. The lowest BCUT2D eigenvalue weighted by Crippen LogP contribution is -2.13. The third-order valence-electron chi connectivity index (χ3n) is 6.59. The summed E-state index contributed by atoms with van der Waals surface area (Å²) in [5.41, 5.74) is 1.40. The maximum absolute atomic E-state index is 14.6. The fourth-order valence-corrected chi connectivity index (χ4v) is 4.89. The molecule has 41 heavy (non-hydrogen) atoms. The summed E-state index contributed by atoms with van der Waals surface area (Å²) in [5.74, 6) is -3.90. The minimum atomic E-state index is -1.49. The Hall–Kier alpha value is -3.83. The summed E-state index contributed by atoms with van der Waals surface area (Å²) in [4.78, 5) is 28.3. The molecule has 0 radical (unpaired) electrons. The van der Waals surface area contributed by atoms with Crippen LogP contribution in [0.15, 0.2) is 41.5 Å². The molecule has 220 valence electrons. The highest BCUT2D eigenvalue weighted by Crippen LogP contribution is 2.35. The smallest absolute Gasteiger partial charge is 0.371 e. The van der Waals surface area contributed by atoms with Crippen LogP contribution in [-0.2, 0) is 20.7 Å². The SMILES string of the molecule is CCC(CC)COCCCc1cccc(-c2csc(NC(=O)c3cc(F)c(C=C(OC)C(=O)O)c(F)c3)n2)c1OC. The number of nitrogens with one attached hydrogen (secondary N) is 1. The van der Waals surface area contributed by atoms with Crippen molar-refractivity contribution in [2.75, 3.05) is 32.8 Å². The van der Waals surface area contributed by atoms with E-state index in [0.717, 1.165) is 74.0 Å². The van der Waals surface area contributed by atoms with Gasteiger partial charge in [0.25, 0.3) is 5.91 Å². The van der Waals surface area contributed by atoms with E-state index in [9.17, 15) is 18.4 Å². The fraction of sp³-hybridized carbons (Fsp3) is 0.367. The fourth-order valence-electron chi connectivity index (χ4n) is 4.18. The molecule has 0 atom stereocenters. The number of ether oxygens (including phenoxy) is 3. The molecule has 2 aromatic carbocycles. The van der Waals surface area contributed by atoms with Gasteiger partial charge in [-0.25, -0.2) is 18.6 Å². The Balaban J connectivity index is 1.71. The van der Waals surface area contributed by atoms with Crippen LogP contribution >= 0.6 is 11.3 Å². The predicted molar refractivity (Wildman–Crippen MR) is 154 cm³/mol. The second-order valence-corrected chi connectivity index (χ2v) is 10.1. The van der Waals surface area contributed by atoms with E-state index >= 15 is 0 Å². The number of aliphatic carboxylic acids is 1. The van der Waals surface area contributed by atoms with Gasteiger partial charge in [0, 0.05) is 41.4 Å². The molecule has 0 saturated carbocycles. The van der Waals surface area contributed by atoms with E-state index in [2.05, 4.69) is 28.9 Å². The van der Waals surface area contributed by atoms with Crippen molar-refractivity contribution in [1.82, 2.24) is 4.98 Å². The van der Waals surface area contributed by atoms with Crippen molar-refractivity contribution in [2.24, 2.45) is 5.92 Å². The second kappa shape index (κ2) is 15.2. The van der Waals surface area contributed by atoms with E-state index < -0.39 is 34.8 Å². The highest BCUT2D eigenvalue weighted by atomic mass is 32.1. The average molecular weight is 589 g/mol. The van der Waals surface area contributed by atoms with Gasteiger partial charge in [-0.15, -0.1) is 11.3 Å². The van der Waals surface area contributed by atoms with Gasteiger partial charge in [0.05, 0.1) is 19.9 Å². The van der Waals surface area contributed by atoms with Crippen LogP contribution in [0.5, 0.6) is 5.75 Å². The highest BCUT2D eigenvalue weighted by Gasteiger charge is 2.19. The number of anilines is 1. The number of amides is 1. The number of carboxylic acids is 1. The van der Waals surface area contributed by atoms with Crippen molar-refractivity contribution < 1.29 is 37.7 Å². The zero-order chi connectivity index (χ0) is 29.9. The van der Waals surface area contributed by atoms with Gasteiger partial charge in [0.2, 0.25) is 5.76 Å². The van der Waals surface area contributed by atoms with Crippen LogP contribution in [0.25, 0.3) is 17.3 Å². The molecule has 0 fully saturated rings. The summed E-state index contributed by atoms with van der Waals surface area (Å²) in [5, 5.41) is 13.6. The van der Waals surface area contributed by atoms with Gasteiger partial charge in [-0.3, -0.25) is 10.1 Å². The van der Waals surface area contributed by atoms with Crippen molar-refractivity contribution >= 4 is 34.4 Å². The number of hydrogen-bond acceptors (Lipinski definition) is 7. The number of para-hydroxylation sites is 1. The number of nitrogens with zero attached hydrogens (tertiary/aromatic N) is 1. The van der Waals surface area contributed by atoms with Crippen molar-refractivity contribution in [3.05, 3.63) is 69.8 Å². The number of methoxy groups -OCH3 is 2. The Bertz CT molecular complexity index is 1360. The minimum absolute atomic E-state index is 0.226. The summed E-state index contributed by atoms with van der Waals surface area (Å²) in [6.07, 6.45) is 4.51. The van der Waals surface area contributed by atoms with E-state index in [4.69, 9.17) is 14.6 Å². The van der Waals surface area contributed by atoms with Gasteiger partial charge in [0.15, 0.2) is 5.13 Å². The number of halogens is 2.